The zero-order valence-electron chi connectivity index (χ0n) is 23.5. The minimum Gasteiger partial charge on any atom is -0.464 e. The van der Waals surface area contributed by atoms with Gasteiger partial charge in [-0.2, -0.15) is 0 Å². The van der Waals surface area contributed by atoms with Gasteiger partial charge in [0.2, 0.25) is 11.8 Å². The van der Waals surface area contributed by atoms with Gasteiger partial charge in [-0.1, -0.05) is 49.3 Å². The lowest BCUT2D eigenvalue weighted by Crippen LogP contribution is -2.45. The predicted molar refractivity (Wildman–Crippen MR) is 148 cm³/mol. The van der Waals surface area contributed by atoms with E-state index in [9.17, 15) is 24.0 Å². The summed E-state index contributed by atoms with van der Waals surface area (Å²) in [4.78, 5) is 61.6. The first-order chi connectivity index (χ1) is 16.6. The highest BCUT2D eigenvalue weighted by Gasteiger charge is 2.23. The fourth-order valence-corrected chi connectivity index (χ4v) is 5.43. The summed E-state index contributed by atoms with van der Waals surface area (Å²) in [7, 11) is 4.88. The number of ketones is 2. The van der Waals surface area contributed by atoms with E-state index in [1.807, 2.05) is 20.8 Å². The number of amides is 2. The van der Waals surface area contributed by atoms with Crippen molar-refractivity contribution >= 4 is 50.9 Å². The van der Waals surface area contributed by atoms with Gasteiger partial charge in [0.15, 0.2) is 5.78 Å². The minimum atomic E-state index is -0.593. The fraction of sp³-hybridized carbons (Fsp3) is 0.808. The van der Waals surface area contributed by atoms with Crippen molar-refractivity contribution in [1.29, 1.82) is 0 Å². The van der Waals surface area contributed by atoms with E-state index >= 15 is 0 Å². The predicted octanol–water partition coefficient (Wildman–Crippen LogP) is 4.44. The van der Waals surface area contributed by atoms with Gasteiger partial charge in [0, 0.05) is 42.2 Å². The van der Waals surface area contributed by atoms with Crippen molar-refractivity contribution in [3.8, 4) is 0 Å². The molecule has 0 aromatic heterocycles. The standard InChI is InChI=1S/C26H46N2O6S2/c1-17(2)24(32)20(6)27-22(30)15-28(9)23(31)12-10-11-21(29)13-14-26(7,8)36-35-19(5)16-34-25(33)18(3)4/h17-20H,10-16H2,1-9H3,(H,27,30)/t19?,20-/m0/s1. The number of carbonyl (C=O) groups excluding carboxylic acids is 5. The summed E-state index contributed by atoms with van der Waals surface area (Å²) >= 11 is 0. The molecular weight excluding hydrogens is 500 g/mol. The van der Waals surface area contributed by atoms with Crippen LogP contribution in [-0.2, 0) is 28.7 Å². The molecule has 2 amide bonds. The van der Waals surface area contributed by atoms with Crippen LogP contribution in [0.4, 0.5) is 0 Å². The Kier molecular flexibility index (Phi) is 16.3. The second-order valence-electron chi connectivity index (χ2n) is 10.5. The Morgan fingerprint density at radius 3 is 2.08 bits per heavy atom. The van der Waals surface area contributed by atoms with Crippen LogP contribution in [0.3, 0.4) is 0 Å². The van der Waals surface area contributed by atoms with E-state index in [1.165, 1.54) is 4.90 Å². The fourth-order valence-electron chi connectivity index (χ4n) is 3.00. The van der Waals surface area contributed by atoms with Gasteiger partial charge in [-0.25, -0.2) is 0 Å². The maximum absolute atomic E-state index is 12.3. The molecule has 0 aromatic rings. The number of hydrogen-bond acceptors (Lipinski definition) is 8. The van der Waals surface area contributed by atoms with Gasteiger partial charge in [0.1, 0.15) is 12.4 Å². The molecule has 0 heterocycles. The van der Waals surface area contributed by atoms with Gasteiger partial charge in [-0.05, 0) is 40.5 Å². The second-order valence-corrected chi connectivity index (χ2v) is 13.9. The van der Waals surface area contributed by atoms with Gasteiger partial charge < -0.3 is 15.0 Å². The molecule has 1 N–H and O–H groups in total. The first kappa shape index (κ1) is 34.5. The minimum absolute atomic E-state index is 0.0577. The summed E-state index contributed by atoms with van der Waals surface area (Å²) in [6.45, 7) is 15.2. The number of Topliss-reactive ketones (excluding diaryl/α,β-unsaturated/α-hetero) is 2. The average Bonchev–Trinajstić information content (AvgIpc) is 2.78. The molecule has 36 heavy (non-hydrogen) atoms. The average molecular weight is 547 g/mol. The maximum atomic E-state index is 12.3. The third-order valence-electron chi connectivity index (χ3n) is 5.40. The molecule has 2 atom stereocenters. The van der Waals surface area contributed by atoms with Crippen molar-refractivity contribution in [1.82, 2.24) is 10.2 Å². The highest BCUT2D eigenvalue weighted by molar-refractivity contribution is 8.77. The number of hydrogen-bond donors (Lipinski definition) is 1. The molecule has 0 aromatic carbocycles. The number of carbonyl (C=O) groups is 5. The first-order valence-corrected chi connectivity index (χ1v) is 14.9. The molecule has 208 valence electrons. The van der Waals surface area contributed by atoms with E-state index in [-0.39, 0.29) is 64.1 Å². The Morgan fingerprint density at radius 1 is 0.917 bits per heavy atom. The summed E-state index contributed by atoms with van der Waals surface area (Å²) in [6, 6.07) is -0.593. The Labute approximate surface area is 225 Å². The molecular formula is C26H46N2O6S2. The quantitative estimate of drug-likeness (QED) is 0.198. The summed E-state index contributed by atoms with van der Waals surface area (Å²) in [5, 5.41) is 2.77. The lowest BCUT2D eigenvalue weighted by Gasteiger charge is -2.24. The molecule has 0 aliphatic carbocycles. The van der Waals surface area contributed by atoms with Crippen LogP contribution in [0.15, 0.2) is 0 Å². The summed E-state index contributed by atoms with van der Waals surface area (Å²) < 4.78 is 5.15. The zero-order chi connectivity index (χ0) is 28.1. The normalized spacial score (nSPS) is 13.3. The highest BCUT2D eigenvalue weighted by Crippen LogP contribution is 2.41. The van der Waals surface area contributed by atoms with Crippen LogP contribution in [0.25, 0.3) is 0 Å². The van der Waals surface area contributed by atoms with Gasteiger partial charge >= 0.3 is 5.97 Å². The van der Waals surface area contributed by atoms with Crippen LogP contribution < -0.4 is 5.32 Å². The van der Waals surface area contributed by atoms with Crippen molar-refractivity contribution in [3.05, 3.63) is 0 Å². The van der Waals surface area contributed by atoms with Crippen LogP contribution in [0, 0.1) is 11.8 Å². The number of ether oxygens (including phenoxy) is 1. The van der Waals surface area contributed by atoms with Gasteiger partial charge in [-0.15, -0.1) is 0 Å². The number of likely N-dealkylation sites (N-methyl/N-ethyl adjacent to an activating group) is 1. The second kappa shape index (κ2) is 17.1. The number of esters is 1. The van der Waals surface area contributed by atoms with Crippen LogP contribution in [0.5, 0.6) is 0 Å². The van der Waals surface area contributed by atoms with Crippen molar-refractivity contribution in [2.45, 2.75) is 104 Å². The molecule has 0 aliphatic rings. The van der Waals surface area contributed by atoms with Crippen molar-refractivity contribution in [2.75, 3.05) is 20.2 Å². The van der Waals surface area contributed by atoms with Crippen molar-refractivity contribution in [2.24, 2.45) is 11.8 Å². The first-order valence-electron chi connectivity index (χ1n) is 12.7. The monoisotopic (exact) mass is 546 g/mol. The van der Waals surface area contributed by atoms with Crippen molar-refractivity contribution in [3.63, 3.8) is 0 Å². The lowest BCUT2D eigenvalue weighted by molar-refractivity contribution is -0.147. The van der Waals surface area contributed by atoms with E-state index < -0.39 is 6.04 Å². The molecule has 0 saturated heterocycles. The lowest BCUT2D eigenvalue weighted by atomic mass is 10.0. The molecule has 0 saturated carbocycles. The number of nitrogens with one attached hydrogen (secondary N) is 1. The maximum Gasteiger partial charge on any atom is 0.308 e. The van der Waals surface area contributed by atoms with Crippen LogP contribution >= 0.6 is 21.6 Å². The smallest absolute Gasteiger partial charge is 0.308 e. The van der Waals surface area contributed by atoms with Gasteiger partial charge in [-0.3, -0.25) is 24.0 Å². The third-order valence-corrected chi connectivity index (χ3v) is 9.25. The summed E-state index contributed by atoms with van der Waals surface area (Å²) in [5.41, 5.74) is 0. The topological polar surface area (TPSA) is 110 Å². The van der Waals surface area contributed by atoms with Crippen LogP contribution in [-0.4, -0.2) is 70.5 Å². The third kappa shape index (κ3) is 15.5. The van der Waals surface area contributed by atoms with E-state index in [2.05, 4.69) is 19.2 Å². The SMILES string of the molecule is CC(COC(=O)C(C)C)SSC(C)(C)CCC(=O)CCCC(=O)N(C)CC(=O)N[C@@H](C)C(=O)C(C)C. The molecule has 0 bridgehead atoms. The number of nitrogens with zero attached hydrogens (tertiary/aromatic N) is 1. The highest BCUT2D eigenvalue weighted by atomic mass is 33.1. The molecule has 0 aliphatic heterocycles. The molecule has 10 heteroatoms. The Balaban J connectivity index is 4.22. The van der Waals surface area contributed by atoms with Crippen LogP contribution in [0.2, 0.25) is 0 Å². The molecule has 8 nitrogen and oxygen atoms in total. The largest absolute Gasteiger partial charge is 0.464 e. The molecule has 0 radical (unpaired) electrons. The Morgan fingerprint density at radius 2 is 1.53 bits per heavy atom. The number of rotatable bonds is 18. The van der Waals surface area contributed by atoms with Crippen LogP contribution in [0.1, 0.15) is 87.5 Å². The summed E-state index contributed by atoms with van der Waals surface area (Å²) in [6.07, 6.45) is 2.10. The Hall–Kier alpha value is -1.55. The molecule has 0 rings (SSSR count). The van der Waals surface area contributed by atoms with Gasteiger partial charge in [0.25, 0.3) is 0 Å². The van der Waals surface area contributed by atoms with E-state index in [1.54, 1.807) is 49.4 Å². The van der Waals surface area contributed by atoms with E-state index in [0.29, 0.717) is 32.3 Å². The molecule has 0 fully saturated rings. The van der Waals surface area contributed by atoms with Gasteiger partial charge in [0.05, 0.1) is 18.5 Å². The van der Waals surface area contributed by atoms with E-state index in [4.69, 9.17) is 4.74 Å². The van der Waals surface area contributed by atoms with E-state index in [0.717, 1.165) is 0 Å². The molecule has 0 spiro atoms. The Bertz CT molecular complexity index is 755. The molecule has 1 unspecified atom stereocenters. The zero-order valence-corrected chi connectivity index (χ0v) is 25.1. The summed E-state index contributed by atoms with van der Waals surface area (Å²) in [5.74, 6) is -1.04. The van der Waals surface area contributed by atoms with Crippen molar-refractivity contribution < 1.29 is 28.7 Å².